The molecule has 2 unspecified atom stereocenters. The van der Waals surface area contributed by atoms with Crippen molar-refractivity contribution in [1.82, 2.24) is 0 Å². The van der Waals surface area contributed by atoms with Crippen molar-refractivity contribution in [3.63, 3.8) is 0 Å². The minimum Gasteiger partial charge on any atom is -0.508 e. The quantitative estimate of drug-likeness (QED) is 0.641. The summed E-state index contributed by atoms with van der Waals surface area (Å²) >= 11 is 0. The summed E-state index contributed by atoms with van der Waals surface area (Å²) < 4.78 is 0. The van der Waals surface area contributed by atoms with Gasteiger partial charge in [-0.15, -0.1) is 0 Å². The fourth-order valence-electron chi connectivity index (χ4n) is 3.09. The Hall–Kier alpha value is -2.02. The molecule has 1 aromatic rings. The van der Waals surface area contributed by atoms with Gasteiger partial charge >= 0.3 is 0 Å². The van der Waals surface area contributed by atoms with Crippen LogP contribution in [0, 0.1) is 18.8 Å². The molecule has 0 spiro atoms. The first-order valence-electron chi connectivity index (χ1n) is 8.39. The Morgan fingerprint density at radius 2 is 2.09 bits per heavy atom. The molecule has 122 valence electrons. The SMILES string of the molecule is C=C(/C=C/c1ccc(O)c(C)c1)CC1C=C(C(=C)C)CCC1C. The third-order valence-electron chi connectivity index (χ3n) is 4.79. The number of allylic oxidation sites excluding steroid dienone is 5. The smallest absolute Gasteiger partial charge is 0.118 e. The molecule has 0 aliphatic heterocycles. The van der Waals surface area contributed by atoms with Gasteiger partial charge in [-0.05, 0) is 73.8 Å². The average molecular weight is 308 g/mol. The molecule has 0 heterocycles. The first-order chi connectivity index (χ1) is 10.9. The molecule has 1 N–H and O–H groups in total. The molecule has 0 aromatic heterocycles. The molecule has 0 radical (unpaired) electrons. The van der Waals surface area contributed by atoms with E-state index in [1.54, 1.807) is 6.07 Å². The largest absolute Gasteiger partial charge is 0.508 e. The van der Waals surface area contributed by atoms with Crippen molar-refractivity contribution >= 4 is 6.08 Å². The van der Waals surface area contributed by atoms with Crippen LogP contribution in [0.2, 0.25) is 0 Å². The lowest BCUT2D eigenvalue weighted by atomic mass is 9.77. The Morgan fingerprint density at radius 1 is 1.35 bits per heavy atom. The highest BCUT2D eigenvalue weighted by molar-refractivity contribution is 5.55. The maximum absolute atomic E-state index is 9.58. The fraction of sp³-hybridized carbons (Fsp3) is 0.364. The molecule has 2 atom stereocenters. The molecule has 1 aromatic carbocycles. The van der Waals surface area contributed by atoms with Crippen molar-refractivity contribution in [2.75, 3.05) is 0 Å². The van der Waals surface area contributed by atoms with E-state index < -0.39 is 0 Å². The van der Waals surface area contributed by atoms with Crippen LogP contribution in [0.3, 0.4) is 0 Å². The minimum atomic E-state index is 0.342. The fourth-order valence-corrected chi connectivity index (χ4v) is 3.09. The zero-order valence-corrected chi connectivity index (χ0v) is 14.6. The van der Waals surface area contributed by atoms with Crippen LogP contribution >= 0.6 is 0 Å². The average Bonchev–Trinajstić information content (AvgIpc) is 2.50. The van der Waals surface area contributed by atoms with Gasteiger partial charge in [0.2, 0.25) is 0 Å². The van der Waals surface area contributed by atoms with Crippen LogP contribution in [0.1, 0.15) is 44.2 Å². The summed E-state index contributed by atoms with van der Waals surface area (Å²) in [6, 6.07) is 5.65. The number of phenolic OH excluding ortho intramolecular Hbond substituents is 1. The van der Waals surface area contributed by atoms with Gasteiger partial charge in [-0.25, -0.2) is 0 Å². The van der Waals surface area contributed by atoms with E-state index in [1.165, 1.54) is 17.6 Å². The second kappa shape index (κ2) is 7.50. The number of rotatable bonds is 5. The molecule has 1 aliphatic carbocycles. The van der Waals surface area contributed by atoms with Gasteiger partial charge < -0.3 is 5.11 Å². The van der Waals surface area contributed by atoms with Gasteiger partial charge in [-0.3, -0.25) is 0 Å². The number of hydrogen-bond acceptors (Lipinski definition) is 1. The molecule has 0 saturated heterocycles. The molecule has 2 rings (SSSR count). The number of aromatic hydroxyl groups is 1. The molecule has 0 fully saturated rings. The van der Waals surface area contributed by atoms with Gasteiger partial charge in [0.25, 0.3) is 0 Å². The molecule has 1 nitrogen and oxygen atoms in total. The van der Waals surface area contributed by atoms with Crippen LogP contribution in [-0.4, -0.2) is 5.11 Å². The number of benzene rings is 1. The number of phenols is 1. The maximum atomic E-state index is 9.58. The molecule has 0 bridgehead atoms. The molecular weight excluding hydrogens is 280 g/mol. The predicted octanol–water partition coefficient (Wildman–Crippen LogP) is 6.21. The Kier molecular flexibility index (Phi) is 5.65. The highest BCUT2D eigenvalue weighted by Gasteiger charge is 2.21. The van der Waals surface area contributed by atoms with Gasteiger partial charge in [-0.2, -0.15) is 0 Å². The zero-order chi connectivity index (χ0) is 17.0. The first kappa shape index (κ1) is 17.3. The third-order valence-corrected chi connectivity index (χ3v) is 4.79. The second-order valence-corrected chi connectivity index (χ2v) is 6.89. The number of aryl methyl sites for hydroxylation is 1. The Balaban J connectivity index is 2.03. The van der Waals surface area contributed by atoms with Crippen molar-refractivity contribution in [3.05, 3.63) is 71.4 Å². The Labute approximate surface area is 140 Å². The summed E-state index contributed by atoms with van der Waals surface area (Å²) in [5.41, 5.74) is 5.75. The van der Waals surface area contributed by atoms with Crippen LogP contribution in [0.15, 0.2) is 60.2 Å². The molecule has 0 amide bonds. The van der Waals surface area contributed by atoms with Gasteiger partial charge in [-0.1, -0.05) is 55.5 Å². The van der Waals surface area contributed by atoms with Crippen molar-refractivity contribution in [2.45, 2.75) is 40.0 Å². The van der Waals surface area contributed by atoms with Crippen LogP contribution in [0.5, 0.6) is 5.75 Å². The summed E-state index contributed by atoms with van der Waals surface area (Å²) in [5.74, 6) is 1.59. The predicted molar refractivity (Wildman–Crippen MR) is 100 cm³/mol. The molecule has 0 saturated carbocycles. The lowest BCUT2D eigenvalue weighted by Gasteiger charge is -2.28. The van der Waals surface area contributed by atoms with E-state index in [9.17, 15) is 5.11 Å². The molecule has 1 aliphatic rings. The summed E-state index contributed by atoms with van der Waals surface area (Å²) in [7, 11) is 0. The van der Waals surface area contributed by atoms with Gasteiger partial charge in [0.05, 0.1) is 0 Å². The van der Waals surface area contributed by atoms with Crippen LogP contribution in [0.25, 0.3) is 6.08 Å². The van der Waals surface area contributed by atoms with E-state index in [4.69, 9.17) is 0 Å². The zero-order valence-electron chi connectivity index (χ0n) is 14.6. The van der Waals surface area contributed by atoms with E-state index >= 15 is 0 Å². The molecule has 1 heteroatoms. The first-order valence-corrected chi connectivity index (χ1v) is 8.39. The molecule has 23 heavy (non-hydrogen) atoms. The van der Waals surface area contributed by atoms with E-state index in [0.717, 1.165) is 29.5 Å². The van der Waals surface area contributed by atoms with Gasteiger partial charge in [0.1, 0.15) is 5.75 Å². The van der Waals surface area contributed by atoms with Crippen molar-refractivity contribution in [1.29, 1.82) is 0 Å². The standard InChI is InChI=1S/C22H28O/c1-15(2)20-10-7-17(4)21(14-20)12-16(3)6-8-19-9-11-22(23)18(5)13-19/h6,8-9,11,13-14,17,21,23H,1,3,7,10,12H2,2,4-5H3/b8-6+. The van der Waals surface area contributed by atoms with Crippen molar-refractivity contribution in [3.8, 4) is 5.75 Å². The van der Waals surface area contributed by atoms with E-state index in [2.05, 4.69) is 45.2 Å². The topological polar surface area (TPSA) is 20.2 Å². The van der Waals surface area contributed by atoms with Crippen LogP contribution < -0.4 is 0 Å². The van der Waals surface area contributed by atoms with Crippen molar-refractivity contribution < 1.29 is 5.11 Å². The van der Waals surface area contributed by atoms with E-state index in [-0.39, 0.29) is 0 Å². The van der Waals surface area contributed by atoms with E-state index in [1.807, 2.05) is 19.1 Å². The Morgan fingerprint density at radius 3 is 2.74 bits per heavy atom. The third kappa shape index (κ3) is 4.72. The highest BCUT2D eigenvalue weighted by atomic mass is 16.3. The normalized spacial score (nSPS) is 21.3. The minimum absolute atomic E-state index is 0.342. The summed E-state index contributed by atoms with van der Waals surface area (Å²) in [5, 5.41) is 9.58. The summed E-state index contributed by atoms with van der Waals surface area (Å²) in [6.45, 7) is 14.6. The monoisotopic (exact) mass is 308 g/mol. The molecular formula is C22H28O. The van der Waals surface area contributed by atoms with Crippen LogP contribution in [-0.2, 0) is 0 Å². The summed E-state index contributed by atoms with van der Waals surface area (Å²) in [6.07, 6.45) is 9.96. The van der Waals surface area contributed by atoms with Gasteiger partial charge in [0, 0.05) is 0 Å². The lowest BCUT2D eigenvalue weighted by Crippen LogP contribution is -2.15. The van der Waals surface area contributed by atoms with E-state index in [0.29, 0.717) is 17.6 Å². The van der Waals surface area contributed by atoms with Crippen LogP contribution in [0.4, 0.5) is 0 Å². The number of hydrogen-bond donors (Lipinski definition) is 1. The second-order valence-electron chi connectivity index (χ2n) is 6.89. The Bertz CT molecular complexity index is 661. The van der Waals surface area contributed by atoms with Crippen molar-refractivity contribution in [2.24, 2.45) is 11.8 Å². The van der Waals surface area contributed by atoms with Gasteiger partial charge in [0.15, 0.2) is 0 Å². The maximum Gasteiger partial charge on any atom is 0.118 e. The lowest BCUT2D eigenvalue weighted by molar-refractivity contribution is 0.380. The summed E-state index contributed by atoms with van der Waals surface area (Å²) in [4.78, 5) is 0. The highest BCUT2D eigenvalue weighted by Crippen LogP contribution is 2.34.